The molecule has 0 radical (unpaired) electrons. The van der Waals surface area contributed by atoms with Gasteiger partial charge in [0.15, 0.2) is 11.9 Å². The Balaban J connectivity index is 1.71. The summed E-state index contributed by atoms with van der Waals surface area (Å²) in [6, 6.07) is 8.86. The summed E-state index contributed by atoms with van der Waals surface area (Å²) in [5.74, 6) is 0.698. The normalized spacial score (nSPS) is 11.8. The van der Waals surface area contributed by atoms with Gasteiger partial charge in [-0.3, -0.25) is 14.9 Å². The Kier molecular flexibility index (Phi) is 5.58. The fourth-order valence-electron chi connectivity index (χ4n) is 2.35. The first kappa shape index (κ1) is 18.4. The summed E-state index contributed by atoms with van der Waals surface area (Å²) in [7, 11) is 0. The number of anilines is 1. The number of nitrogens with zero attached hydrogens (tertiary/aromatic N) is 2. The quantitative estimate of drug-likeness (QED) is 0.614. The Bertz CT molecular complexity index is 930. The van der Waals surface area contributed by atoms with Crippen molar-refractivity contribution in [2.45, 2.75) is 20.0 Å². The van der Waals surface area contributed by atoms with Crippen LogP contribution in [0.2, 0.25) is 5.02 Å². The van der Waals surface area contributed by atoms with Crippen LogP contribution in [0.15, 0.2) is 47.2 Å². The number of H-pyrrole nitrogens is 1. The number of ether oxygens (including phenoxy) is 1. The van der Waals surface area contributed by atoms with Crippen LogP contribution in [0.25, 0.3) is 11.3 Å². The molecule has 1 amide bonds. The first-order valence-corrected chi connectivity index (χ1v) is 9.00. The van der Waals surface area contributed by atoms with Gasteiger partial charge in [-0.2, -0.15) is 5.10 Å². The monoisotopic (exact) mass is 434 g/mol. The zero-order chi connectivity index (χ0) is 18.7. The molecule has 0 aliphatic heterocycles. The second-order valence-corrected chi connectivity index (χ2v) is 6.92. The topological polar surface area (TPSA) is 79.9 Å². The fourth-order valence-corrected chi connectivity index (χ4v) is 3.13. The average molecular weight is 436 g/mol. The molecule has 134 valence electrons. The third kappa shape index (κ3) is 4.05. The minimum absolute atomic E-state index is 0.303. The number of hydrogen-bond acceptors (Lipinski definition) is 4. The Hall–Kier alpha value is -2.38. The molecule has 0 fully saturated rings. The third-order valence-electron chi connectivity index (χ3n) is 3.79. The summed E-state index contributed by atoms with van der Waals surface area (Å²) in [6.45, 7) is 3.55. The molecule has 26 heavy (non-hydrogen) atoms. The van der Waals surface area contributed by atoms with E-state index in [9.17, 15) is 4.79 Å². The van der Waals surface area contributed by atoms with E-state index in [1.807, 2.05) is 19.1 Å². The number of hydrogen-bond donors (Lipinski definition) is 2. The summed E-state index contributed by atoms with van der Waals surface area (Å²) < 4.78 is 6.38. The predicted octanol–water partition coefficient (Wildman–Crippen LogP) is 4.60. The maximum Gasteiger partial charge on any atom is 0.266 e. The molecule has 0 spiro atoms. The molecule has 2 heterocycles. The van der Waals surface area contributed by atoms with Gasteiger partial charge in [-0.1, -0.05) is 11.6 Å². The van der Waals surface area contributed by atoms with E-state index in [4.69, 9.17) is 16.3 Å². The number of benzene rings is 1. The van der Waals surface area contributed by atoms with E-state index in [0.717, 1.165) is 16.8 Å². The lowest BCUT2D eigenvalue weighted by Crippen LogP contribution is -2.30. The lowest BCUT2D eigenvalue weighted by atomic mass is 10.1. The average Bonchev–Trinajstić information content (AvgIpc) is 2.98. The van der Waals surface area contributed by atoms with Crippen molar-refractivity contribution in [2.24, 2.45) is 0 Å². The maximum atomic E-state index is 12.5. The standard InChI is InChI=1S/C18H16BrClN4O2/c1-10-16(12-5-7-21-8-6-12)23-24-17(10)22-18(25)11(2)26-15-4-3-13(20)9-14(15)19/h3-9,11H,1-2H3,(H2,22,23,24,25). The van der Waals surface area contributed by atoms with Crippen LogP contribution in [0.1, 0.15) is 12.5 Å². The molecular weight excluding hydrogens is 420 g/mol. The van der Waals surface area contributed by atoms with Gasteiger partial charge in [0.25, 0.3) is 5.91 Å². The summed E-state index contributed by atoms with van der Waals surface area (Å²) >= 11 is 9.28. The molecule has 8 heteroatoms. The van der Waals surface area contributed by atoms with E-state index in [1.165, 1.54) is 0 Å². The number of nitrogens with one attached hydrogen (secondary N) is 2. The van der Waals surface area contributed by atoms with Crippen LogP contribution in [0.3, 0.4) is 0 Å². The summed E-state index contributed by atoms with van der Waals surface area (Å²) in [5, 5.41) is 10.5. The number of amides is 1. The van der Waals surface area contributed by atoms with Crippen molar-refractivity contribution in [1.82, 2.24) is 15.2 Å². The van der Waals surface area contributed by atoms with Crippen molar-refractivity contribution in [3.63, 3.8) is 0 Å². The molecule has 2 aromatic heterocycles. The van der Waals surface area contributed by atoms with Crippen molar-refractivity contribution in [2.75, 3.05) is 5.32 Å². The van der Waals surface area contributed by atoms with E-state index in [-0.39, 0.29) is 5.91 Å². The molecule has 0 aliphatic carbocycles. The van der Waals surface area contributed by atoms with Gasteiger partial charge in [0.05, 0.1) is 10.2 Å². The smallest absolute Gasteiger partial charge is 0.266 e. The second kappa shape index (κ2) is 7.88. The molecule has 0 aliphatic rings. The fraction of sp³-hybridized carbons (Fsp3) is 0.167. The Morgan fingerprint density at radius 2 is 2.04 bits per heavy atom. The Morgan fingerprint density at radius 1 is 1.31 bits per heavy atom. The van der Waals surface area contributed by atoms with Crippen LogP contribution in [-0.4, -0.2) is 27.2 Å². The minimum Gasteiger partial charge on any atom is -0.480 e. The van der Waals surface area contributed by atoms with E-state index >= 15 is 0 Å². The third-order valence-corrected chi connectivity index (χ3v) is 4.64. The molecule has 0 bridgehead atoms. The first-order valence-electron chi connectivity index (χ1n) is 7.83. The molecule has 1 unspecified atom stereocenters. The highest BCUT2D eigenvalue weighted by Gasteiger charge is 2.19. The number of halogens is 2. The van der Waals surface area contributed by atoms with Gasteiger partial charge in [-0.05, 0) is 60.1 Å². The highest BCUT2D eigenvalue weighted by Crippen LogP contribution is 2.29. The van der Waals surface area contributed by atoms with Crippen LogP contribution in [-0.2, 0) is 4.79 Å². The molecule has 1 aromatic carbocycles. The van der Waals surface area contributed by atoms with E-state index in [0.29, 0.717) is 21.1 Å². The summed E-state index contributed by atoms with van der Waals surface area (Å²) in [4.78, 5) is 16.5. The zero-order valence-corrected chi connectivity index (χ0v) is 16.4. The molecule has 0 saturated heterocycles. The van der Waals surface area contributed by atoms with Crippen molar-refractivity contribution >= 4 is 39.3 Å². The minimum atomic E-state index is -0.715. The van der Waals surface area contributed by atoms with Crippen LogP contribution >= 0.6 is 27.5 Å². The van der Waals surface area contributed by atoms with Gasteiger partial charge in [0, 0.05) is 28.5 Å². The van der Waals surface area contributed by atoms with Gasteiger partial charge in [0.1, 0.15) is 5.75 Å². The van der Waals surface area contributed by atoms with Crippen LogP contribution < -0.4 is 10.1 Å². The van der Waals surface area contributed by atoms with Gasteiger partial charge in [0.2, 0.25) is 0 Å². The number of carbonyl (C=O) groups is 1. The number of rotatable bonds is 5. The van der Waals surface area contributed by atoms with Gasteiger partial charge < -0.3 is 10.1 Å². The summed E-state index contributed by atoms with van der Waals surface area (Å²) in [6.07, 6.45) is 2.69. The number of pyridine rings is 1. The van der Waals surface area contributed by atoms with Crippen molar-refractivity contribution in [3.8, 4) is 17.0 Å². The highest BCUT2D eigenvalue weighted by atomic mass is 79.9. The van der Waals surface area contributed by atoms with Gasteiger partial charge in [-0.15, -0.1) is 0 Å². The molecular formula is C18H16BrClN4O2. The molecule has 3 aromatic rings. The molecule has 1 atom stereocenters. The van der Waals surface area contributed by atoms with E-state index in [1.54, 1.807) is 37.5 Å². The molecule has 0 saturated carbocycles. The van der Waals surface area contributed by atoms with Crippen molar-refractivity contribution < 1.29 is 9.53 Å². The predicted molar refractivity (Wildman–Crippen MR) is 104 cm³/mol. The largest absolute Gasteiger partial charge is 0.480 e. The lowest BCUT2D eigenvalue weighted by Gasteiger charge is -2.15. The Labute approximate surface area is 164 Å². The van der Waals surface area contributed by atoms with Crippen LogP contribution in [0.5, 0.6) is 5.75 Å². The number of aromatic nitrogens is 3. The van der Waals surface area contributed by atoms with Gasteiger partial charge >= 0.3 is 0 Å². The summed E-state index contributed by atoms with van der Waals surface area (Å²) in [5.41, 5.74) is 2.61. The molecule has 2 N–H and O–H groups in total. The SMILES string of the molecule is Cc1c(NC(=O)C(C)Oc2ccc(Cl)cc2Br)n[nH]c1-c1ccncc1. The first-order chi connectivity index (χ1) is 12.5. The molecule has 6 nitrogen and oxygen atoms in total. The maximum absolute atomic E-state index is 12.5. The highest BCUT2D eigenvalue weighted by molar-refractivity contribution is 9.10. The van der Waals surface area contributed by atoms with E-state index in [2.05, 4.69) is 36.4 Å². The number of carbonyl (C=O) groups excluding carboxylic acids is 1. The van der Waals surface area contributed by atoms with Crippen molar-refractivity contribution in [3.05, 3.63) is 57.8 Å². The Morgan fingerprint density at radius 3 is 2.73 bits per heavy atom. The zero-order valence-electron chi connectivity index (χ0n) is 14.1. The van der Waals surface area contributed by atoms with E-state index < -0.39 is 6.10 Å². The number of aromatic amines is 1. The lowest BCUT2D eigenvalue weighted by molar-refractivity contribution is -0.122. The van der Waals surface area contributed by atoms with Crippen LogP contribution in [0, 0.1) is 6.92 Å². The second-order valence-electron chi connectivity index (χ2n) is 5.63. The van der Waals surface area contributed by atoms with Crippen LogP contribution in [0.4, 0.5) is 5.82 Å². The molecule has 3 rings (SSSR count). The van der Waals surface area contributed by atoms with Crippen molar-refractivity contribution in [1.29, 1.82) is 0 Å². The van der Waals surface area contributed by atoms with Gasteiger partial charge in [-0.25, -0.2) is 0 Å².